The Bertz CT molecular complexity index is 278. The number of fused-ring (bicyclic) bond motifs is 1. The standard InChI is InChI=1S/C11H15N/c1-8(2)10-4-3-9-5-6-12-7-11(9)10/h5-8,10H,3-4H2,1-2H3. The van der Waals surface area contributed by atoms with Crippen LogP contribution in [0.5, 0.6) is 0 Å². The van der Waals surface area contributed by atoms with Gasteiger partial charge in [0.25, 0.3) is 0 Å². The lowest BCUT2D eigenvalue weighted by atomic mass is 9.91. The molecule has 0 bridgehead atoms. The van der Waals surface area contributed by atoms with Crippen molar-refractivity contribution in [3.05, 3.63) is 29.6 Å². The van der Waals surface area contributed by atoms with Crippen LogP contribution in [-0.4, -0.2) is 4.98 Å². The van der Waals surface area contributed by atoms with Gasteiger partial charge in [-0.3, -0.25) is 4.98 Å². The molecule has 1 unspecified atom stereocenters. The van der Waals surface area contributed by atoms with E-state index in [2.05, 4.69) is 24.9 Å². The third-order valence-electron chi connectivity index (χ3n) is 2.88. The third kappa shape index (κ3) is 1.13. The highest BCUT2D eigenvalue weighted by atomic mass is 14.6. The van der Waals surface area contributed by atoms with Crippen molar-refractivity contribution in [1.29, 1.82) is 0 Å². The van der Waals surface area contributed by atoms with E-state index in [-0.39, 0.29) is 0 Å². The minimum Gasteiger partial charge on any atom is -0.264 e. The molecule has 0 fully saturated rings. The van der Waals surface area contributed by atoms with Gasteiger partial charge in [0.1, 0.15) is 0 Å². The molecule has 0 radical (unpaired) electrons. The summed E-state index contributed by atoms with van der Waals surface area (Å²) >= 11 is 0. The molecule has 0 aromatic carbocycles. The molecule has 2 rings (SSSR count). The Labute approximate surface area is 73.8 Å². The molecule has 0 spiro atoms. The Morgan fingerprint density at radius 3 is 3.08 bits per heavy atom. The van der Waals surface area contributed by atoms with Gasteiger partial charge in [0, 0.05) is 12.4 Å². The van der Waals surface area contributed by atoms with E-state index in [1.54, 1.807) is 0 Å². The van der Waals surface area contributed by atoms with E-state index in [0.29, 0.717) is 0 Å². The quantitative estimate of drug-likeness (QED) is 0.617. The van der Waals surface area contributed by atoms with Gasteiger partial charge in [0.05, 0.1) is 0 Å². The zero-order valence-electron chi connectivity index (χ0n) is 7.75. The Hall–Kier alpha value is -0.850. The molecule has 1 aliphatic carbocycles. The maximum absolute atomic E-state index is 4.19. The van der Waals surface area contributed by atoms with Gasteiger partial charge in [0.2, 0.25) is 0 Å². The van der Waals surface area contributed by atoms with Crippen LogP contribution in [0.4, 0.5) is 0 Å². The van der Waals surface area contributed by atoms with Gasteiger partial charge in [-0.2, -0.15) is 0 Å². The molecule has 64 valence electrons. The monoisotopic (exact) mass is 161 g/mol. The Kier molecular flexibility index (Phi) is 1.87. The van der Waals surface area contributed by atoms with Crippen LogP contribution in [0.15, 0.2) is 18.5 Å². The van der Waals surface area contributed by atoms with E-state index in [4.69, 9.17) is 0 Å². The van der Waals surface area contributed by atoms with Crippen molar-refractivity contribution in [3.63, 3.8) is 0 Å². The predicted molar refractivity (Wildman–Crippen MR) is 50.1 cm³/mol. The SMILES string of the molecule is CC(C)C1CCc2ccncc21. The van der Waals surface area contributed by atoms with Crippen LogP contribution >= 0.6 is 0 Å². The van der Waals surface area contributed by atoms with Crippen molar-refractivity contribution in [2.75, 3.05) is 0 Å². The molecule has 1 aromatic rings. The molecule has 0 aliphatic heterocycles. The van der Waals surface area contributed by atoms with E-state index < -0.39 is 0 Å². The van der Waals surface area contributed by atoms with Crippen LogP contribution in [0.1, 0.15) is 37.3 Å². The van der Waals surface area contributed by atoms with Crippen molar-refractivity contribution in [2.24, 2.45) is 5.92 Å². The third-order valence-corrected chi connectivity index (χ3v) is 2.88. The van der Waals surface area contributed by atoms with Crippen LogP contribution in [0.3, 0.4) is 0 Å². The molecule has 1 nitrogen and oxygen atoms in total. The fraction of sp³-hybridized carbons (Fsp3) is 0.545. The van der Waals surface area contributed by atoms with Gasteiger partial charge in [-0.15, -0.1) is 0 Å². The molecule has 0 saturated carbocycles. The highest BCUT2D eigenvalue weighted by molar-refractivity contribution is 5.32. The van der Waals surface area contributed by atoms with Crippen molar-refractivity contribution >= 4 is 0 Å². The number of aryl methyl sites for hydroxylation is 1. The van der Waals surface area contributed by atoms with Crippen molar-refractivity contribution in [2.45, 2.75) is 32.6 Å². The second-order valence-corrected chi connectivity index (χ2v) is 3.96. The van der Waals surface area contributed by atoms with Gasteiger partial charge >= 0.3 is 0 Å². The molecule has 0 N–H and O–H groups in total. The van der Waals surface area contributed by atoms with Gasteiger partial charge in [0.15, 0.2) is 0 Å². The Morgan fingerprint density at radius 2 is 2.33 bits per heavy atom. The minimum absolute atomic E-state index is 0.758. The van der Waals surface area contributed by atoms with E-state index in [0.717, 1.165) is 11.8 Å². The maximum Gasteiger partial charge on any atom is 0.0305 e. The summed E-state index contributed by atoms with van der Waals surface area (Å²) in [5.41, 5.74) is 3.01. The molecule has 1 aromatic heterocycles. The molecular formula is C11H15N. The average molecular weight is 161 g/mol. The topological polar surface area (TPSA) is 12.9 Å². The summed E-state index contributed by atoms with van der Waals surface area (Å²) in [4.78, 5) is 4.19. The highest BCUT2D eigenvalue weighted by Gasteiger charge is 2.24. The summed E-state index contributed by atoms with van der Waals surface area (Å²) in [6, 6.07) is 2.16. The lowest BCUT2D eigenvalue weighted by Gasteiger charge is -2.14. The lowest BCUT2D eigenvalue weighted by molar-refractivity contribution is 0.495. The number of hydrogen-bond acceptors (Lipinski definition) is 1. The summed E-state index contributed by atoms with van der Waals surface area (Å²) in [6.07, 6.45) is 6.52. The Balaban J connectivity index is 2.36. The first kappa shape index (κ1) is 7.78. The molecule has 1 heteroatoms. The van der Waals surface area contributed by atoms with E-state index in [9.17, 15) is 0 Å². The summed E-state index contributed by atoms with van der Waals surface area (Å²) in [6.45, 7) is 4.60. The zero-order chi connectivity index (χ0) is 8.55. The average Bonchev–Trinajstić information content (AvgIpc) is 2.47. The fourth-order valence-corrected chi connectivity index (χ4v) is 2.16. The van der Waals surface area contributed by atoms with Crippen LogP contribution in [0.2, 0.25) is 0 Å². The number of pyridine rings is 1. The summed E-state index contributed by atoms with van der Waals surface area (Å²) in [5, 5.41) is 0. The highest BCUT2D eigenvalue weighted by Crippen LogP contribution is 2.37. The molecule has 0 saturated heterocycles. The Morgan fingerprint density at radius 1 is 1.50 bits per heavy atom. The smallest absolute Gasteiger partial charge is 0.0305 e. The van der Waals surface area contributed by atoms with Gasteiger partial charge in [-0.05, 0) is 41.9 Å². The minimum atomic E-state index is 0.758. The largest absolute Gasteiger partial charge is 0.264 e. The molecule has 0 amide bonds. The molecule has 1 aliphatic rings. The van der Waals surface area contributed by atoms with Crippen LogP contribution < -0.4 is 0 Å². The van der Waals surface area contributed by atoms with Gasteiger partial charge in [-0.1, -0.05) is 13.8 Å². The first-order valence-electron chi connectivity index (χ1n) is 4.72. The van der Waals surface area contributed by atoms with Crippen molar-refractivity contribution in [3.8, 4) is 0 Å². The van der Waals surface area contributed by atoms with Crippen molar-refractivity contribution < 1.29 is 0 Å². The second kappa shape index (κ2) is 2.89. The number of hydrogen-bond donors (Lipinski definition) is 0. The predicted octanol–water partition coefficient (Wildman–Crippen LogP) is 2.77. The lowest BCUT2D eigenvalue weighted by Crippen LogP contribution is -2.02. The molecule has 1 heterocycles. The number of nitrogens with zero attached hydrogens (tertiary/aromatic N) is 1. The van der Waals surface area contributed by atoms with E-state index in [1.807, 2.05) is 12.4 Å². The van der Waals surface area contributed by atoms with Crippen LogP contribution in [0.25, 0.3) is 0 Å². The summed E-state index contributed by atoms with van der Waals surface area (Å²) in [7, 11) is 0. The van der Waals surface area contributed by atoms with E-state index >= 15 is 0 Å². The molecule has 1 atom stereocenters. The summed E-state index contributed by atoms with van der Waals surface area (Å²) in [5.74, 6) is 1.52. The summed E-state index contributed by atoms with van der Waals surface area (Å²) < 4.78 is 0. The fourth-order valence-electron chi connectivity index (χ4n) is 2.16. The van der Waals surface area contributed by atoms with Crippen molar-refractivity contribution in [1.82, 2.24) is 4.98 Å². The zero-order valence-corrected chi connectivity index (χ0v) is 7.75. The van der Waals surface area contributed by atoms with Crippen LogP contribution in [0, 0.1) is 5.92 Å². The molecule has 12 heavy (non-hydrogen) atoms. The normalized spacial score (nSPS) is 21.4. The number of aromatic nitrogens is 1. The first-order valence-corrected chi connectivity index (χ1v) is 4.72. The first-order chi connectivity index (χ1) is 5.79. The maximum atomic E-state index is 4.19. The number of rotatable bonds is 1. The second-order valence-electron chi connectivity index (χ2n) is 3.96. The van der Waals surface area contributed by atoms with Gasteiger partial charge in [-0.25, -0.2) is 0 Å². The van der Waals surface area contributed by atoms with E-state index in [1.165, 1.54) is 24.0 Å². The van der Waals surface area contributed by atoms with Crippen LogP contribution in [-0.2, 0) is 6.42 Å². The molecular weight excluding hydrogens is 146 g/mol. The van der Waals surface area contributed by atoms with Gasteiger partial charge < -0.3 is 0 Å².